The first kappa shape index (κ1) is 51.1. The summed E-state index contributed by atoms with van der Waals surface area (Å²) >= 11 is 0. The second kappa shape index (κ2) is 19.1. The molecule has 4 nitrogen and oxygen atoms in total. The molecule has 0 radical (unpaired) electrons. The van der Waals surface area contributed by atoms with Gasteiger partial charge in [-0.1, -0.05) is 199 Å². The van der Waals surface area contributed by atoms with Crippen LogP contribution in [-0.2, 0) is 36.5 Å². The summed E-state index contributed by atoms with van der Waals surface area (Å²) in [5.74, 6) is 0. The molecule has 4 heterocycles. The molecule has 0 spiro atoms. The number of hydrogen-bond donors (Lipinski definition) is 0. The van der Waals surface area contributed by atoms with Crippen molar-refractivity contribution in [2.45, 2.75) is 104 Å². The number of hydrogen-bond acceptors (Lipinski definition) is 2. The quantitative estimate of drug-likeness (QED) is 0.151. The van der Waals surface area contributed by atoms with Crippen LogP contribution < -0.4 is 9.80 Å². The molecule has 0 aliphatic heterocycles. The van der Waals surface area contributed by atoms with Crippen molar-refractivity contribution in [1.29, 1.82) is 0 Å². The number of fused-ring (bicyclic) bond motifs is 14. The lowest BCUT2D eigenvalue weighted by molar-refractivity contribution is 0.590. The van der Waals surface area contributed by atoms with Gasteiger partial charge in [-0.2, -0.15) is 0 Å². The molecule has 11 aromatic carbocycles. The third kappa shape index (κ3) is 7.60. The Bertz CT molecular complexity index is 4840. The Morgan fingerprint density at radius 1 is 0.326 bits per heavy atom. The maximum Gasteiger partial charge on any atom is 0.0641 e. The van der Waals surface area contributed by atoms with Crippen LogP contribution in [0.5, 0.6) is 0 Å². The van der Waals surface area contributed by atoms with Gasteiger partial charge in [0.2, 0.25) is 0 Å². The topological polar surface area (TPSA) is 15.3 Å². The molecule has 0 unspecified atom stereocenters. The molecule has 0 amide bonds. The zero-order chi connectivity index (χ0) is 57.7. The fourth-order valence-electron chi connectivity index (χ4n) is 15.7. The van der Waals surface area contributed by atoms with Gasteiger partial charge in [-0.15, -0.1) is 0 Å². The molecule has 2 aliphatic carbocycles. The molecule has 86 heavy (non-hydrogen) atoms. The van der Waals surface area contributed by atoms with E-state index in [4.69, 9.17) is 0 Å². The summed E-state index contributed by atoms with van der Waals surface area (Å²) in [6.45, 7) is 13.9. The van der Waals surface area contributed by atoms with Gasteiger partial charge in [-0.05, 0) is 167 Å². The van der Waals surface area contributed by atoms with Crippen LogP contribution in [0.25, 0.3) is 98.4 Å². The molecule has 4 aromatic heterocycles. The van der Waals surface area contributed by atoms with Crippen molar-refractivity contribution in [3.63, 3.8) is 0 Å². The number of aryl methyl sites for hydroxylation is 2. The molecule has 15 aromatic rings. The summed E-state index contributed by atoms with van der Waals surface area (Å²) in [4.78, 5) is 5.31. The van der Waals surface area contributed by atoms with Crippen LogP contribution in [-0.4, -0.2) is 8.80 Å². The summed E-state index contributed by atoms with van der Waals surface area (Å²) in [6.07, 6.45) is 9.12. The van der Waals surface area contributed by atoms with Crippen LogP contribution in [0.4, 0.5) is 34.1 Å². The summed E-state index contributed by atoms with van der Waals surface area (Å²) in [7, 11) is 0. The van der Waals surface area contributed by atoms with Gasteiger partial charge in [0.05, 0.1) is 55.8 Å². The van der Waals surface area contributed by atoms with Crippen LogP contribution in [0.15, 0.2) is 218 Å². The van der Waals surface area contributed by atoms with Gasteiger partial charge in [0.25, 0.3) is 0 Å². The van der Waals surface area contributed by atoms with Crippen molar-refractivity contribution < 1.29 is 0 Å². The van der Waals surface area contributed by atoms with Crippen molar-refractivity contribution in [2.24, 2.45) is 0 Å². The van der Waals surface area contributed by atoms with E-state index in [9.17, 15) is 0 Å². The Morgan fingerprint density at radius 3 is 1.12 bits per heavy atom. The van der Waals surface area contributed by atoms with E-state index in [1.54, 1.807) is 0 Å². The molecule has 0 saturated carbocycles. The molecule has 2 aliphatic rings. The van der Waals surface area contributed by atoms with E-state index in [0.29, 0.717) is 0 Å². The maximum atomic E-state index is 2.66. The summed E-state index contributed by atoms with van der Waals surface area (Å²) < 4.78 is 5.23. The lowest BCUT2D eigenvalue weighted by atomic mass is 9.85. The number of aromatic nitrogens is 2. The third-order valence-corrected chi connectivity index (χ3v) is 19.9. The van der Waals surface area contributed by atoms with Gasteiger partial charge in [-0.25, -0.2) is 0 Å². The average Bonchev–Trinajstić information content (AvgIpc) is 1.56. The maximum absolute atomic E-state index is 2.66. The monoisotopic (exact) mass is 1110 g/mol. The Hall–Kier alpha value is -9.38. The van der Waals surface area contributed by atoms with Gasteiger partial charge in [-0.3, -0.25) is 0 Å². The first-order valence-electron chi connectivity index (χ1n) is 31.5. The van der Waals surface area contributed by atoms with Crippen molar-refractivity contribution in [1.82, 2.24) is 8.80 Å². The third-order valence-electron chi connectivity index (χ3n) is 19.9. The van der Waals surface area contributed by atoms with Crippen LogP contribution in [0.3, 0.4) is 0 Å². The number of nitrogens with zero attached hydrogens (tertiary/aromatic N) is 4. The minimum atomic E-state index is 0.0205. The van der Waals surface area contributed by atoms with Crippen molar-refractivity contribution >= 4 is 110 Å². The highest BCUT2D eigenvalue weighted by Gasteiger charge is 2.33. The molecule has 17 rings (SSSR count). The second-order valence-electron chi connectivity index (χ2n) is 26.9. The lowest BCUT2D eigenvalue weighted by Gasteiger charge is -2.33. The molecular weight excluding hydrogens is 1040 g/mol. The van der Waals surface area contributed by atoms with E-state index in [-0.39, 0.29) is 10.8 Å². The first-order valence-corrected chi connectivity index (χ1v) is 31.5. The largest absolute Gasteiger partial charge is 0.309 e. The van der Waals surface area contributed by atoms with E-state index in [2.05, 4.69) is 279 Å². The predicted molar refractivity (Wildman–Crippen MR) is 367 cm³/mol. The van der Waals surface area contributed by atoms with Gasteiger partial charge in [0, 0.05) is 65.6 Å². The first-order chi connectivity index (χ1) is 42.0. The smallest absolute Gasteiger partial charge is 0.0641 e. The zero-order valence-electron chi connectivity index (χ0n) is 50.2. The van der Waals surface area contributed by atoms with E-state index >= 15 is 0 Å². The van der Waals surface area contributed by atoms with Crippen molar-refractivity contribution in [3.05, 3.63) is 252 Å². The Morgan fingerprint density at radius 2 is 0.709 bits per heavy atom. The minimum absolute atomic E-state index is 0.0205. The highest BCUT2D eigenvalue weighted by molar-refractivity contribution is 6.32. The van der Waals surface area contributed by atoms with Gasteiger partial charge >= 0.3 is 0 Å². The molecular formula is C82H70N4. The van der Waals surface area contributed by atoms with E-state index < -0.39 is 0 Å². The Kier molecular flexibility index (Phi) is 11.3. The number of rotatable bonds is 8. The van der Waals surface area contributed by atoms with Gasteiger partial charge in [0.15, 0.2) is 0 Å². The zero-order valence-corrected chi connectivity index (χ0v) is 50.2. The highest BCUT2D eigenvalue weighted by atomic mass is 15.2. The molecule has 0 fully saturated rings. The van der Waals surface area contributed by atoms with E-state index in [1.165, 1.54) is 192 Å². The Labute approximate surface area is 503 Å². The number of benzene rings is 11. The van der Waals surface area contributed by atoms with Crippen LogP contribution in [0.1, 0.15) is 101 Å². The molecule has 0 saturated heterocycles. The SMILES string of the molecule is CC(C)(C)c1ccc(N(c2c(-c3ccccc3)ccc3c2CCCC3)c2ccc3c4cc5c(cc4n4c6ccccc6c2c34)c2ccc(N(c3ccc(C(C)(C)C)cc3)c3c(-c4ccccc4)ccc4c3CCCC4)c3c4ccccc4n5c23)cc1. The lowest BCUT2D eigenvalue weighted by Crippen LogP contribution is -2.17. The fourth-order valence-corrected chi connectivity index (χ4v) is 15.7. The summed E-state index contributed by atoms with van der Waals surface area (Å²) in [6, 6.07) is 84.2. The minimum Gasteiger partial charge on any atom is -0.309 e. The van der Waals surface area contributed by atoms with Crippen LogP contribution in [0.2, 0.25) is 0 Å². The molecule has 0 bridgehead atoms. The average molecular weight is 1110 g/mol. The highest BCUT2D eigenvalue weighted by Crippen LogP contribution is 2.55. The standard InChI is InChI=1S/C82H70N4/c1-81(2,3)55-35-39-57(40-36-55)83(77-59-27-15-13-25-53(59)33-43-61(77)51-21-9-7-10-22-51)71-47-45-63-67-49-74-68(50-73(67)85-69-31-19-17-29-65(69)75(71)79(63)85)64-46-48-72(76-66-30-18-20-32-70(66)86(74)80(64)76)84(58-41-37-56(38-42-58)82(4,5)6)78-60-28-16-14-26-54(60)34-44-62(78)52-23-11-8-12-24-52/h7-12,17-24,29-50H,13-16,25-28H2,1-6H3. The van der Waals surface area contributed by atoms with E-state index in [1.807, 2.05) is 0 Å². The summed E-state index contributed by atoms with van der Waals surface area (Å²) in [5, 5.41) is 10.2. The number of anilines is 6. The second-order valence-corrected chi connectivity index (χ2v) is 26.9. The van der Waals surface area contributed by atoms with Crippen molar-refractivity contribution in [3.8, 4) is 22.3 Å². The van der Waals surface area contributed by atoms with Gasteiger partial charge < -0.3 is 18.6 Å². The van der Waals surface area contributed by atoms with E-state index in [0.717, 1.165) is 25.7 Å². The Balaban J connectivity index is 0.941. The summed E-state index contributed by atoms with van der Waals surface area (Å²) in [5.41, 5.74) is 28.5. The predicted octanol–water partition coefficient (Wildman–Crippen LogP) is 22.6. The van der Waals surface area contributed by atoms with Gasteiger partial charge in [0.1, 0.15) is 0 Å². The number of para-hydroxylation sites is 2. The molecule has 418 valence electrons. The fraction of sp³-hybridized carbons (Fsp3) is 0.195. The van der Waals surface area contributed by atoms with Crippen LogP contribution >= 0.6 is 0 Å². The van der Waals surface area contributed by atoms with Crippen LogP contribution in [0, 0.1) is 0 Å². The molecule has 0 atom stereocenters. The molecule has 0 N–H and O–H groups in total. The molecule has 4 heteroatoms. The van der Waals surface area contributed by atoms with Crippen molar-refractivity contribution in [2.75, 3.05) is 9.80 Å². The normalized spacial score (nSPS) is 14.0.